The van der Waals surface area contributed by atoms with Gasteiger partial charge < -0.3 is 59.0 Å². The van der Waals surface area contributed by atoms with Crippen molar-refractivity contribution < 1.29 is 62.9 Å². The number of carbonyl (C=O) groups is 4. The normalized spacial score (nSPS) is 24.6. The molecule has 328 valence electrons. The van der Waals surface area contributed by atoms with Crippen molar-refractivity contribution in [3.63, 3.8) is 0 Å². The van der Waals surface area contributed by atoms with E-state index in [0.29, 0.717) is 46.9 Å². The van der Waals surface area contributed by atoms with E-state index in [2.05, 4.69) is 29.5 Å². The number of carboxylic acid groups (broad SMARTS) is 1. The number of likely N-dealkylation sites (tertiary alicyclic amines) is 1. The number of carboxylic acids is 1. The lowest BCUT2D eigenvalue weighted by Gasteiger charge is -2.38. The zero-order valence-corrected chi connectivity index (χ0v) is 34.2. The standard InChI is InChI=1S/C37H45FN10O12S/c1-44(9-10-45(2)37(56)58-16-18-5-6-24(23(38)11-18)59-32-27(51)25(49)26(50)28(60-32)31(52)53)36(55)48-8-7-22-29(39-17-40-30(22)48)46(3)21-12-19-14-47(15-20(19)13-21)35(54)42-34-41-33(57-4)43-61-34/h5-8,11,17,19-21,25-28,32,49-51H,9-10,12-16H2,1-4H3,(H,52,53)(H,41,42,43,54)/t19-,20+,21+,25-,26-,27+,28-,32+/m0/s1. The Morgan fingerprint density at radius 2 is 1.72 bits per heavy atom. The molecule has 0 unspecified atom stereocenters. The van der Waals surface area contributed by atoms with E-state index >= 15 is 0 Å². The lowest BCUT2D eigenvalue weighted by atomic mass is 9.99. The maximum atomic E-state index is 14.9. The monoisotopic (exact) mass is 872 g/mol. The number of hydrogen-bond donors (Lipinski definition) is 5. The third-order valence-electron chi connectivity index (χ3n) is 11.2. The van der Waals surface area contributed by atoms with Gasteiger partial charge in [-0.2, -0.15) is 4.98 Å². The van der Waals surface area contributed by atoms with Crippen LogP contribution in [0.2, 0.25) is 0 Å². The molecule has 22 nitrogen and oxygen atoms in total. The van der Waals surface area contributed by atoms with Crippen LogP contribution in [0.5, 0.6) is 11.8 Å². The number of anilines is 2. The quantitative estimate of drug-likeness (QED) is 0.134. The first-order valence-electron chi connectivity index (χ1n) is 19.1. The molecule has 0 radical (unpaired) electrons. The van der Waals surface area contributed by atoms with Crippen LogP contribution >= 0.6 is 11.5 Å². The van der Waals surface area contributed by atoms with Crippen molar-refractivity contribution in [1.29, 1.82) is 0 Å². The van der Waals surface area contributed by atoms with Crippen molar-refractivity contribution in [3.8, 4) is 11.8 Å². The zero-order valence-electron chi connectivity index (χ0n) is 33.4. The van der Waals surface area contributed by atoms with Gasteiger partial charge in [-0.15, -0.1) is 4.37 Å². The second-order valence-corrected chi connectivity index (χ2v) is 15.8. The summed E-state index contributed by atoms with van der Waals surface area (Å²) in [5.74, 6) is -1.73. The minimum Gasteiger partial charge on any atom is -0.479 e. The summed E-state index contributed by atoms with van der Waals surface area (Å²) in [6.45, 7) is 1.12. The summed E-state index contributed by atoms with van der Waals surface area (Å²) in [5, 5.41) is 43.1. The number of hydrogen-bond acceptors (Lipinski definition) is 17. The van der Waals surface area contributed by atoms with Crippen molar-refractivity contribution in [1.82, 2.24) is 38.6 Å². The molecule has 3 fully saturated rings. The van der Waals surface area contributed by atoms with Crippen molar-refractivity contribution in [2.45, 2.75) is 56.2 Å². The van der Waals surface area contributed by atoms with Crippen LogP contribution in [-0.4, -0.2) is 174 Å². The maximum absolute atomic E-state index is 14.9. The van der Waals surface area contributed by atoms with Gasteiger partial charge in [0.25, 0.3) is 0 Å². The number of aliphatic hydroxyl groups excluding tert-OH is 3. The molecule has 5 heterocycles. The fraction of sp³-hybridized carbons (Fsp3) is 0.514. The lowest BCUT2D eigenvalue weighted by molar-refractivity contribution is -0.271. The van der Waals surface area contributed by atoms with Gasteiger partial charge in [-0.3, -0.25) is 9.88 Å². The minimum atomic E-state index is -1.94. The van der Waals surface area contributed by atoms with Gasteiger partial charge in [-0.05, 0) is 48.4 Å². The highest BCUT2D eigenvalue weighted by atomic mass is 32.1. The second-order valence-electron chi connectivity index (χ2n) is 15.1. The lowest BCUT2D eigenvalue weighted by Crippen LogP contribution is -2.61. The number of aliphatic hydroxyl groups is 3. The Labute approximate surface area is 351 Å². The molecule has 7 rings (SSSR count). The Hall–Kier alpha value is -5.95. The molecule has 2 aliphatic heterocycles. The molecule has 24 heteroatoms. The summed E-state index contributed by atoms with van der Waals surface area (Å²) in [7, 11) is 6.50. The molecule has 1 saturated carbocycles. The van der Waals surface area contributed by atoms with Crippen LogP contribution in [-0.2, 0) is 20.9 Å². The van der Waals surface area contributed by atoms with Crippen LogP contribution in [0.4, 0.5) is 29.7 Å². The number of nitrogens with one attached hydrogen (secondary N) is 1. The van der Waals surface area contributed by atoms with E-state index in [1.807, 2.05) is 7.05 Å². The number of aromatic nitrogens is 5. The topological polar surface area (TPSA) is 268 Å². The van der Waals surface area contributed by atoms with Crippen molar-refractivity contribution in [3.05, 3.63) is 48.2 Å². The molecule has 3 aliphatic rings. The zero-order chi connectivity index (χ0) is 43.7. The third-order valence-corrected chi connectivity index (χ3v) is 11.8. The molecule has 2 saturated heterocycles. The predicted molar refractivity (Wildman–Crippen MR) is 211 cm³/mol. The first kappa shape index (κ1) is 43.1. The van der Waals surface area contributed by atoms with Crippen molar-refractivity contribution in [2.24, 2.45) is 11.8 Å². The van der Waals surface area contributed by atoms with Crippen LogP contribution < -0.4 is 19.7 Å². The molecule has 0 spiro atoms. The number of nitrogens with zero attached hydrogens (tertiary/aromatic N) is 9. The van der Waals surface area contributed by atoms with Gasteiger partial charge in [0.05, 0.1) is 12.5 Å². The number of methoxy groups -OCH3 is 1. The SMILES string of the molecule is COc1nsc(NC(=O)N2C[C@H]3C[C@H](N(C)c4ncnc5c4ccn5C(=O)N(C)CCN(C)C(=O)OCc4ccc(O[C@@H]5O[C@H](C(=O)O)[C@@H](O)[C@H](O)[C@H]5O)c(F)c4)C[C@H]3C2)n1. The number of likely N-dealkylation sites (N-methyl/N-ethyl adjacent to an activating group) is 2. The molecule has 8 atom stereocenters. The number of rotatable bonds is 12. The van der Waals surface area contributed by atoms with Crippen LogP contribution in [0.15, 0.2) is 36.8 Å². The third kappa shape index (κ3) is 9.07. The first-order chi connectivity index (χ1) is 29.1. The second kappa shape index (κ2) is 18.0. The number of benzene rings is 1. The summed E-state index contributed by atoms with van der Waals surface area (Å²) in [6.07, 6.45) is -5.46. The molecule has 1 aromatic carbocycles. The molecule has 4 amide bonds. The number of carbonyl (C=O) groups excluding carboxylic acids is 3. The largest absolute Gasteiger partial charge is 0.479 e. The number of urea groups is 1. The molecular formula is C37H45FN10O12S. The van der Waals surface area contributed by atoms with E-state index < -0.39 is 60.4 Å². The molecule has 0 bridgehead atoms. The Morgan fingerprint density at radius 3 is 2.39 bits per heavy atom. The summed E-state index contributed by atoms with van der Waals surface area (Å²) < 4.78 is 40.9. The minimum absolute atomic E-state index is 0.0893. The predicted octanol–water partition coefficient (Wildman–Crippen LogP) is 1.25. The average molecular weight is 873 g/mol. The molecule has 61 heavy (non-hydrogen) atoms. The number of halogens is 1. The van der Waals surface area contributed by atoms with E-state index in [9.17, 15) is 44.0 Å². The van der Waals surface area contributed by atoms with E-state index in [0.717, 1.165) is 36.5 Å². The molecule has 5 N–H and O–H groups in total. The summed E-state index contributed by atoms with van der Waals surface area (Å²) in [5.41, 5.74) is 0.645. The van der Waals surface area contributed by atoms with Crippen LogP contribution in [0.3, 0.4) is 0 Å². The number of aliphatic carboxylic acids is 1. The smallest absolute Gasteiger partial charge is 0.409 e. The molecule has 1 aliphatic carbocycles. The van der Waals surface area contributed by atoms with Gasteiger partial charge in [0.1, 0.15) is 37.1 Å². The average Bonchev–Trinajstić information content (AvgIpc) is 4.06. The van der Waals surface area contributed by atoms with Gasteiger partial charge in [0, 0.05) is 71.1 Å². The highest BCUT2D eigenvalue weighted by Crippen LogP contribution is 2.42. The van der Waals surface area contributed by atoms with E-state index in [1.54, 1.807) is 24.2 Å². The fourth-order valence-electron chi connectivity index (χ4n) is 7.74. The summed E-state index contributed by atoms with van der Waals surface area (Å²) >= 11 is 1.06. The Bertz CT molecular complexity index is 2250. The van der Waals surface area contributed by atoms with Crippen LogP contribution in [0, 0.1) is 17.7 Å². The first-order valence-corrected chi connectivity index (χ1v) is 19.9. The van der Waals surface area contributed by atoms with Crippen LogP contribution in [0.25, 0.3) is 11.0 Å². The fourth-order valence-corrected chi connectivity index (χ4v) is 8.27. The molecule has 4 aromatic rings. The maximum Gasteiger partial charge on any atom is 0.409 e. The van der Waals surface area contributed by atoms with Crippen LogP contribution in [0.1, 0.15) is 18.4 Å². The Kier molecular flexibility index (Phi) is 12.7. The van der Waals surface area contributed by atoms with E-state index in [1.165, 1.54) is 40.9 Å². The highest BCUT2D eigenvalue weighted by Gasteiger charge is 2.48. The Morgan fingerprint density at radius 1 is 1.00 bits per heavy atom. The summed E-state index contributed by atoms with van der Waals surface area (Å²) in [4.78, 5) is 70.3. The highest BCUT2D eigenvalue weighted by molar-refractivity contribution is 7.10. The molecule has 3 aromatic heterocycles. The van der Waals surface area contributed by atoms with E-state index in [4.69, 9.17) is 18.9 Å². The number of fused-ring (bicyclic) bond motifs is 2. The van der Waals surface area contributed by atoms with Gasteiger partial charge in [-0.25, -0.2) is 33.5 Å². The van der Waals surface area contributed by atoms with Gasteiger partial charge in [-0.1, -0.05) is 6.07 Å². The van der Waals surface area contributed by atoms with Crippen molar-refractivity contribution >= 4 is 57.6 Å². The number of amides is 4. The Balaban J connectivity index is 0.878. The van der Waals surface area contributed by atoms with E-state index in [-0.39, 0.29) is 43.3 Å². The van der Waals surface area contributed by atoms with Gasteiger partial charge >= 0.3 is 30.1 Å². The number of ether oxygens (including phenoxy) is 4. The molecular weight excluding hydrogens is 828 g/mol. The summed E-state index contributed by atoms with van der Waals surface area (Å²) in [6, 6.07) is 5.05. The van der Waals surface area contributed by atoms with Crippen molar-refractivity contribution in [2.75, 3.05) is 64.6 Å². The van der Waals surface area contributed by atoms with Gasteiger partial charge in [0.2, 0.25) is 11.4 Å². The van der Waals surface area contributed by atoms with Gasteiger partial charge in [0.15, 0.2) is 23.3 Å².